The molecule has 0 aromatic heterocycles. The molecule has 1 aromatic carbocycles. The normalized spacial score (nSPS) is 25.3. The molecule has 2 fully saturated rings. The van der Waals surface area contributed by atoms with Crippen LogP contribution in [0.2, 0.25) is 5.02 Å². The number of amides is 1. The van der Waals surface area contributed by atoms with Gasteiger partial charge < -0.3 is 10.6 Å². The molecule has 3 rings (SSSR count). The number of carbonyl (C=O) groups is 1. The van der Waals surface area contributed by atoms with Gasteiger partial charge in [0.25, 0.3) is 0 Å². The summed E-state index contributed by atoms with van der Waals surface area (Å²) in [6.45, 7) is 2.50. The minimum Gasteiger partial charge on any atom is -0.342 e. The van der Waals surface area contributed by atoms with Crippen LogP contribution in [-0.2, 0) is 4.79 Å². The van der Waals surface area contributed by atoms with Crippen molar-refractivity contribution in [1.82, 2.24) is 4.90 Å². The van der Waals surface area contributed by atoms with Gasteiger partial charge in [-0.05, 0) is 55.3 Å². The van der Waals surface area contributed by atoms with Gasteiger partial charge in [-0.1, -0.05) is 23.7 Å². The van der Waals surface area contributed by atoms with Crippen molar-refractivity contribution in [3.63, 3.8) is 0 Å². The average molecular weight is 329 g/mol. The number of rotatable bonds is 3. The summed E-state index contributed by atoms with van der Waals surface area (Å²) >= 11 is 6.02. The van der Waals surface area contributed by atoms with Crippen LogP contribution in [0.25, 0.3) is 0 Å². The molecule has 1 aliphatic carbocycles. The van der Waals surface area contributed by atoms with Crippen molar-refractivity contribution in [2.45, 2.75) is 25.2 Å². The van der Waals surface area contributed by atoms with E-state index >= 15 is 0 Å². The molecule has 1 aliphatic heterocycles. The summed E-state index contributed by atoms with van der Waals surface area (Å²) in [7, 11) is 0. The fourth-order valence-electron chi connectivity index (χ4n) is 3.20. The highest BCUT2D eigenvalue weighted by Gasteiger charge is 2.46. The minimum absolute atomic E-state index is 0. The highest BCUT2D eigenvalue weighted by atomic mass is 35.5. The molecule has 0 bridgehead atoms. The van der Waals surface area contributed by atoms with Crippen molar-refractivity contribution >= 4 is 29.9 Å². The predicted octanol–water partition coefficient (Wildman–Crippen LogP) is 3.06. The Kier molecular flexibility index (Phi) is 5.53. The van der Waals surface area contributed by atoms with Gasteiger partial charge in [-0.3, -0.25) is 4.79 Å². The average Bonchev–Trinajstić information content (AvgIpc) is 3.27. The Morgan fingerprint density at radius 3 is 2.67 bits per heavy atom. The van der Waals surface area contributed by atoms with Crippen molar-refractivity contribution < 1.29 is 4.79 Å². The van der Waals surface area contributed by atoms with Gasteiger partial charge in [0.2, 0.25) is 5.91 Å². The topological polar surface area (TPSA) is 46.3 Å². The monoisotopic (exact) mass is 328 g/mol. The lowest BCUT2D eigenvalue weighted by molar-refractivity contribution is -0.134. The number of benzene rings is 1. The molecule has 0 radical (unpaired) electrons. The fourth-order valence-corrected chi connectivity index (χ4v) is 3.40. The SMILES string of the molecule is Cl.NCC1CCN(C(=O)C2CC2c2cccc(Cl)c2)CC1. The van der Waals surface area contributed by atoms with Gasteiger partial charge in [0.1, 0.15) is 0 Å². The Balaban J connectivity index is 0.00000161. The quantitative estimate of drug-likeness (QED) is 0.926. The number of piperidine rings is 1. The summed E-state index contributed by atoms with van der Waals surface area (Å²) in [5.74, 6) is 1.46. The lowest BCUT2D eigenvalue weighted by Crippen LogP contribution is -2.41. The lowest BCUT2D eigenvalue weighted by Gasteiger charge is -2.31. The van der Waals surface area contributed by atoms with Crippen molar-refractivity contribution in [1.29, 1.82) is 0 Å². The van der Waals surface area contributed by atoms with Crippen LogP contribution < -0.4 is 5.73 Å². The number of halogens is 2. The summed E-state index contributed by atoms with van der Waals surface area (Å²) in [4.78, 5) is 14.5. The van der Waals surface area contributed by atoms with Crippen LogP contribution in [-0.4, -0.2) is 30.4 Å². The van der Waals surface area contributed by atoms with Crippen LogP contribution in [0.1, 0.15) is 30.7 Å². The summed E-state index contributed by atoms with van der Waals surface area (Å²) in [6.07, 6.45) is 3.07. The van der Waals surface area contributed by atoms with E-state index in [0.29, 0.717) is 17.7 Å². The van der Waals surface area contributed by atoms with Crippen LogP contribution in [0.4, 0.5) is 0 Å². The van der Waals surface area contributed by atoms with E-state index in [1.807, 2.05) is 23.1 Å². The first-order chi connectivity index (χ1) is 9.69. The molecule has 5 heteroatoms. The molecular formula is C16H22Cl2N2O. The molecule has 1 saturated heterocycles. The third-order valence-electron chi connectivity index (χ3n) is 4.64. The molecule has 2 unspecified atom stereocenters. The third kappa shape index (κ3) is 3.71. The molecule has 1 heterocycles. The van der Waals surface area contributed by atoms with Gasteiger partial charge >= 0.3 is 0 Å². The van der Waals surface area contributed by atoms with Crippen molar-refractivity contribution in [2.75, 3.05) is 19.6 Å². The summed E-state index contributed by atoms with van der Waals surface area (Å²) in [5, 5.41) is 0.754. The zero-order valence-corrected chi connectivity index (χ0v) is 13.6. The Labute approximate surface area is 137 Å². The maximum Gasteiger partial charge on any atom is 0.226 e. The van der Waals surface area contributed by atoms with E-state index in [2.05, 4.69) is 6.07 Å². The Hall–Kier alpha value is -0.770. The molecule has 2 aliphatic rings. The van der Waals surface area contributed by atoms with Gasteiger partial charge in [0.05, 0.1) is 0 Å². The van der Waals surface area contributed by atoms with Crippen LogP contribution in [0, 0.1) is 11.8 Å². The first-order valence-electron chi connectivity index (χ1n) is 7.43. The molecule has 2 N–H and O–H groups in total. The largest absolute Gasteiger partial charge is 0.342 e. The number of likely N-dealkylation sites (tertiary alicyclic amines) is 1. The highest BCUT2D eigenvalue weighted by Crippen LogP contribution is 2.49. The van der Waals surface area contributed by atoms with E-state index in [4.69, 9.17) is 17.3 Å². The second kappa shape index (κ2) is 6.99. The predicted molar refractivity (Wildman–Crippen MR) is 87.9 cm³/mol. The summed E-state index contributed by atoms with van der Waals surface area (Å²) in [6, 6.07) is 7.90. The van der Waals surface area contributed by atoms with Crippen LogP contribution in [0.3, 0.4) is 0 Å². The maximum absolute atomic E-state index is 12.5. The van der Waals surface area contributed by atoms with Crippen LogP contribution >= 0.6 is 24.0 Å². The number of hydrogen-bond acceptors (Lipinski definition) is 2. The molecule has 3 nitrogen and oxygen atoms in total. The Morgan fingerprint density at radius 2 is 2.05 bits per heavy atom. The first-order valence-corrected chi connectivity index (χ1v) is 7.81. The maximum atomic E-state index is 12.5. The number of hydrogen-bond donors (Lipinski definition) is 1. The van der Waals surface area contributed by atoms with Gasteiger partial charge in [-0.15, -0.1) is 12.4 Å². The molecule has 1 amide bonds. The number of nitrogens with zero attached hydrogens (tertiary/aromatic N) is 1. The fraction of sp³-hybridized carbons (Fsp3) is 0.562. The van der Waals surface area contributed by atoms with E-state index in [1.165, 1.54) is 5.56 Å². The minimum atomic E-state index is 0. The van der Waals surface area contributed by atoms with E-state index in [1.54, 1.807) is 0 Å². The van der Waals surface area contributed by atoms with Crippen LogP contribution in [0.15, 0.2) is 24.3 Å². The highest BCUT2D eigenvalue weighted by molar-refractivity contribution is 6.30. The summed E-state index contributed by atoms with van der Waals surface area (Å²) < 4.78 is 0. The molecule has 2 atom stereocenters. The molecule has 1 aromatic rings. The molecular weight excluding hydrogens is 307 g/mol. The first kappa shape index (κ1) is 16.6. The number of nitrogens with two attached hydrogens (primary N) is 1. The third-order valence-corrected chi connectivity index (χ3v) is 4.88. The Bertz CT molecular complexity index is 501. The van der Waals surface area contributed by atoms with Gasteiger partial charge in [-0.2, -0.15) is 0 Å². The standard InChI is InChI=1S/C16H21ClN2O.ClH/c17-13-3-1-2-12(8-13)14-9-15(14)16(20)19-6-4-11(10-18)5-7-19;/h1-3,8,11,14-15H,4-7,9-10,18H2;1H. The van der Waals surface area contributed by atoms with Crippen LogP contribution in [0.5, 0.6) is 0 Å². The molecule has 0 spiro atoms. The van der Waals surface area contributed by atoms with E-state index < -0.39 is 0 Å². The van der Waals surface area contributed by atoms with Crippen molar-refractivity contribution in [3.05, 3.63) is 34.9 Å². The zero-order valence-electron chi connectivity index (χ0n) is 12.0. The van der Waals surface area contributed by atoms with E-state index in [-0.39, 0.29) is 18.3 Å². The smallest absolute Gasteiger partial charge is 0.226 e. The second-order valence-corrected chi connectivity index (χ2v) is 6.44. The van der Waals surface area contributed by atoms with Crippen molar-refractivity contribution in [3.8, 4) is 0 Å². The van der Waals surface area contributed by atoms with Crippen molar-refractivity contribution in [2.24, 2.45) is 17.6 Å². The number of carbonyl (C=O) groups excluding carboxylic acids is 1. The van der Waals surface area contributed by atoms with E-state index in [9.17, 15) is 4.79 Å². The zero-order chi connectivity index (χ0) is 14.1. The second-order valence-electron chi connectivity index (χ2n) is 6.01. The Morgan fingerprint density at radius 1 is 1.33 bits per heavy atom. The lowest BCUT2D eigenvalue weighted by atomic mass is 9.96. The van der Waals surface area contributed by atoms with Gasteiger partial charge in [0.15, 0.2) is 0 Å². The molecule has 21 heavy (non-hydrogen) atoms. The van der Waals surface area contributed by atoms with Gasteiger partial charge in [-0.25, -0.2) is 0 Å². The molecule has 1 saturated carbocycles. The van der Waals surface area contributed by atoms with Gasteiger partial charge in [0, 0.05) is 24.0 Å². The molecule has 116 valence electrons. The van der Waals surface area contributed by atoms with E-state index in [0.717, 1.165) is 43.9 Å². The summed E-state index contributed by atoms with van der Waals surface area (Å²) in [5.41, 5.74) is 6.89.